The maximum atomic E-state index is 9.76. The van der Waals surface area contributed by atoms with E-state index in [9.17, 15) is 5.11 Å². The van der Waals surface area contributed by atoms with E-state index in [2.05, 4.69) is 47.8 Å². The highest BCUT2D eigenvalue weighted by Crippen LogP contribution is 2.44. The fourth-order valence-electron chi connectivity index (χ4n) is 2.10. The second kappa shape index (κ2) is 6.36. The molecule has 0 rings (SSSR count). The lowest BCUT2D eigenvalue weighted by Gasteiger charge is -2.45. The van der Waals surface area contributed by atoms with Gasteiger partial charge in [-0.05, 0) is 52.2 Å². The summed E-state index contributed by atoms with van der Waals surface area (Å²) in [6, 6.07) is 0. The normalized spacial score (nSPS) is 14.8. The molecular formula is C16H34O2S. The molecule has 0 aliphatic rings. The topological polar surface area (TPSA) is 29.5 Å². The molecule has 1 N–H and O–H groups in total. The maximum Gasteiger partial charge on any atom is 0.0677 e. The average molecular weight is 291 g/mol. The molecule has 19 heavy (non-hydrogen) atoms. The minimum Gasteiger partial charge on any atom is -0.390 e. The Labute approximate surface area is 124 Å². The summed E-state index contributed by atoms with van der Waals surface area (Å²) in [5.74, 6) is 0. The van der Waals surface area contributed by atoms with Gasteiger partial charge in [0, 0.05) is 4.75 Å². The third-order valence-corrected chi connectivity index (χ3v) is 5.48. The fraction of sp³-hybridized carbons (Fsp3) is 1.00. The molecule has 2 nitrogen and oxygen atoms in total. The van der Waals surface area contributed by atoms with Gasteiger partial charge < -0.3 is 9.84 Å². The molecule has 0 amide bonds. The molecule has 0 atom stereocenters. The van der Waals surface area contributed by atoms with E-state index in [0.29, 0.717) is 13.0 Å². The van der Waals surface area contributed by atoms with Gasteiger partial charge in [0.25, 0.3) is 0 Å². The minimum atomic E-state index is -0.654. The van der Waals surface area contributed by atoms with Crippen molar-refractivity contribution in [1.29, 1.82) is 0 Å². The van der Waals surface area contributed by atoms with Crippen LogP contribution in [0.2, 0.25) is 0 Å². The lowest BCUT2D eigenvalue weighted by atomic mass is 9.71. The van der Waals surface area contributed by atoms with Gasteiger partial charge in [-0.3, -0.25) is 0 Å². The zero-order chi connectivity index (χ0) is 15.5. The first-order valence-corrected chi connectivity index (χ1v) is 8.36. The lowest BCUT2D eigenvalue weighted by Crippen LogP contribution is -2.45. The second-order valence-electron chi connectivity index (χ2n) is 7.95. The molecule has 0 saturated carbocycles. The Morgan fingerprint density at radius 3 is 1.79 bits per heavy atom. The summed E-state index contributed by atoms with van der Waals surface area (Å²) in [6.45, 7) is 17.7. The van der Waals surface area contributed by atoms with Gasteiger partial charge in [0.1, 0.15) is 0 Å². The van der Waals surface area contributed by atoms with Crippen molar-refractivity contribution in [2.75, 3.05) is 12.9 Å². The molecule has 3 heteroatoms. The standard InChI is InChI=1S/C16H34O2S/c1-13(2,12-15(5,6)19-9)16(7,8)18-11-10-14(3,4)17/h17H,10-12H2,1-9H3. The van der Waals surface area contributed by atoms with Crippen molar-refractivity contribution in [1.82, 2.24) is 0 Å². The smallest absolute Gasteiger partial charge is 0.0677 e. The van der Waals surface area contributed by atoms with Crippen molar-refractivity contribution in [3.05, 3.63) is 0 Å². The van der Waals surface area contributed by atoms with E-state index in [1.54, 1.807) is 0 Å². The Hall–Kier alpha value is 0.270. The summed E-state index contributed by atoms with van der Waals surface area (Å²) in [7, 11) is 0. The monoisotopic (exact) mass is 290 g/mol. The second-order valence-corrected chi connectivity index (χ2v) is 9.46. The van der Waals surface area contributed by atoms with Crippen molar-refractivity contribution in [2.45, 2.75) is 84.2 Å². The first-order chi connectivity index (χ1) is 8.22. The van der Waals surface area contributed by atoms with Gasteiger partial charge in [-0.15, -0.1) is 0 Å². The Bertz CT molecular complexity index is 275. The molecular weight excluding hydrogens is 256 g/mol. The largest absolute Gasteiger partial charge is 0.390 e. The Morgan fingerprint density at radius 2 is 1.42 bits per heavy atom. The SMILES string of the molecule is CSC(C)(C)CC(C)(C)C(C)(C)OCCC(C)(C)O. The Kier molecular flexibility index (Phi) is 6.45. The molecule has 0 aromatic carbocycles. The van der Waals surface area contributed by atoms with Gasteiger partial charge in [0.15, 0.2) is 0 Å². The third kappa shape index (κ3) is 7.01. The van der Waals surface area contributed by atoms with E-state index >= 15 is 0 Å². The van der Waals surface area contributed by atoms with Crippen LogP contribution in [0.3, 0.4) is 0 Å². The fourth-order valence-corrected chi connectivity index (χ4v) is 2.61. The molecule has 0 heterocycles. The van der Waals surface area contributed by atoms with Crippen LogP contribution in [-0.2, 0) is 4.74 Å². The van der Waals surface area contributed by atoms with Gasteiger partial charge in [-0.1, -0.05) is 27.7 Å². The predicted molar refractivity (Wildman–Crippen MR) is 86.9 cm³/mol. The van der Waals surface area contributed by atoms with Crippen molar-refractivity contribution < 1.29 is 9.84 Å². The van der Waals surface area contributed by atoms with Gasteiger partial charge in [-0.25, -0.2) is 0 Å². The quantitative estimate of drug-likeness (QED) is 0.713. The molecule has 0 fully saturated rings. The highest BCUT2D eigenvalue weighted by molar-refractivity contribution is 7.99. The molecule has 0 unspecified atom stereocenters. The number of ether oxygens (including phenoxy) is 1. The number of aliphatic hydroxyl groups is 1. The molecule has 0 radical (unpaired) electrons. The lowest BCUT2D eigenvalue weighted by molar-refractivity contribution is -0.114. The number of thioether (sulfide) groups is 1. The summed E-state index contributed by atoms with van der Waals surface area (Å²) >= 11 is 1.90. The summed E-state index contributed by atoms with van der Waals surface area (Å²) < 4.78 is 6.34. The van der Waals surface area contributed by atoms with Crippen LogP contribution < -0.4 is 0 Å². The van der Waals surface area contributed by atoms with E-state index in [1.807, 2.05) is 25.6 Å². The summed E-state index contributed by atoms with van der Waals surface area (Å²) in [4.78, 5) is 0. The van der Waals surface area contributed by atoms with Crippen LogP contribution in [0.5, 0.6) is 0 Å². The van der Waals surface area contributed by atoms with E-state index in [1.165, 1.54) is 0 Å². The summed E-state index contributed by atoms with van der Waals surface area (Å²) in [5.41, 5.74) is -0.775. The molecule has 116 valence electrons. The van der Waals surface area contributed by atoms with Crippen LogP contribution >= 0.6 is 11.8 Å². The Balaban J connectivity index is 4.60. The molecule has 0 spiro atoms. The van der Waals surface area contributed by atoms with Gasteiger partial charge in [0.05, 0.1) is 17.8 Å². The highest BCUT2D eigenvalue weighted by atomic mass is 32.2. The molecule has 0 bridgehead atoms. The van der Waals surface area contributed by atoms with E-state index in [-0.39, 0.29) is 15.8 Å². The molecule has 0 aliphatic carbocycles. The number of hydrogen-bond acceptors (Lipinski definition) is 3. The van der Waals surface area contributed by atoms with Crippen LogP contribution in [0, 0.1) is 5.41 Å². The van der Waals surface area contributed by atoms with Crippen molar-refractivity contribution in [2.24, 2.45) is 5.41 Å². The van der Waals surface area contributed by atoms with Crippen LogP contribution in [0.15, 0.2) is 0 Å². The zero-order valence-electron chi connectivity index (χ0n) is 14.4. The highest BCUT2D eigenvalue weighted by Gasteiger charge is 2.41. The molecule has 0 saturated heterocycles. The Morgan fingerprint density at radius 1 is 0.947 bits per heavy atom. The minimum absolute atomic E-state index is 0.0824. The van der Waals surface area contributed by atoms with Gasteiger partial charge >= 0.3 is 0 Å². The van der Waals surface area contributed by atoms with E-state index in [4.69, 9.17) is 4.74 Å². The first-order valence-electron chi connectivity index (χ1n) is 7.14. The first kappa shape index (κ1) is 19.3. The van der Waals surface area contributed by atoms with Crippen molar-refractivity contribution in [3.63, 3.8) is 0 Å². The van der Waals surface area contributed by atoms with Crippen molar-refractivity contribution >= 4 is 11.8 Å². The predicted octanol–water partition coefficient (Wildman–Crippen LogP) is 4.50. The third-order valence-electron chi connectivity index (χ3n) is 4.23. The molecule has 0 aromatic rings. The summed E-state index contributed by atoms with van der Waals surface area (Å²) in [6.07, 6.45) is 3.92. The molecule has 0 aromatic heterocycles. The average Bonchev–Trinajstić information content (AvgIpc) is 2.13. The van der Waals surface area contributed by atoms with Crippen LogP contribution in [0.4, 0.5) is 0 Å². The number of rotatable bonds is 8. The van der Waals surface area contributed by atoms with E-state index in [0.717, 1.165) is 6.42 Å². The van der Waals surface area contributed by atoms with Crippen molar-refractivity contribution in [3.8, 4) is 0 Å². The summed E-state index contributed by atoms with van der Waals surface area (Å²) in [5, 5.41) is 9.76. The van der Waals surface area contributed by atoms with Gasteiger partial charge in [0.2, 0.25) is 0 Å². The maximum absolute atomic E-state index is 9.76. The van der Waals surface area contributed by atoms with Crippen LogP contribution in [0.25, 0.3) is 0 Å². The van der Waals surface area contributed by atoms with E-state index < -0.39 is 5.60 Å². The van der Waals surface area contributed by atoms with Gasteiger partial charge in [-0.2, -0.15) is 11.8 Å². The number of hydrogen-bond donors (Lipinski definition) is 1. The molecule has 0 aliphatic heterocycles. The zero-order valence-corrected chi connectivity index (χ0v) is 15.2. The van der Waals surface area contributed by atoms with Crippen LogP contribution in [-0.4, -0.2) is 33.9 Å². The van der Waals surface area contributed by atoms with Crippen LogP contribution in [0.1, 0.15) is 68.2 Å².